The van der Waals surface area contributed by atoms with Crippen molar-refractivity contribution in [2.24, 2.45) is 10.2 Å². The number of carbonyl (C=O) groups is 2. The average molecular weight is 396 g/mol. The van der Waals surface area contributed by atoms with Crippen molar-refractivity contribution < 1.29 is 19.1 Å². The minimum Gasteiger partial charge on any atom is -0.493 e. The molecule has 8 heteroatoms. The van der Waals surface area contributed by atoms with Crippen LogP contribution in [0, 0.1) is 0 Å². The summed E-state index contributed by atoms with van der Waals surface area (Å²) in [5.74, 6) is 0.204. The number of nitrogens with one attached hydrogen (secondary N) is 2. The molecule has 2 rings (SSSR count). The molecule has 2 aromatic rings. The number of hydrogen-bond acceptors (Lipinski definition) is 6. The molecule has 0 heterocycles. The van der Waals surface area contributed by atoms with E-state index in [0.717, 1.165) is 11.1 Å². The molecule has 0 saturated carbocycles. The van der Waals surface area contributed by atoms with E-state index < -0.39 is 18.2 Å². The summed E-state index contributed by atoms with van der Waals surface area (Å²) in [6.07, 6.45) is 2.52. The van der Waals surface area contributed by atoms with Crippen LogP contribution in [0.3, 0.4) is 0 Å². The third kappa shape index (κ3) is 7.45. The van der Waals surface area contributed by atoms with Crippen LogP contribution in [-0.4, -0.2) is 37.5 Å². The minimum absolute atomic E-state index is 0.408. The van der Waals surface area contributed by atoms with Gasteiger partial charge in [-0.2, -0.15) is 10.2 Å². The van der Waals surface area contributed by atoms with Crippen LogP contribution in [0.2, 0.25) is 0 Å². The van der Waals surface area contributed by atoms with Crippen molar-refractivity contribution in [2.45, 2.75) is 20.3 Å². The predicted octanol–water partition coefficient (Wildman–Crippen LogP) is 2.47. The van der Waals surface area contributed by atoms with Crippen LogP contribution in [0.1, 0.15) is 31.4 Å². The van der Waals surface area contributed by atoms with Gasteiger partial charge >= 0.3 is 0 Å². The van der Waals surface area contributed by atoms with Crippen molar-refractivity contribution in [2.75, 3.05) is 13.2 Å². The van der Waals surface area contributed by atoms with Crippen LogP contribution in [0.25, 0.3) is 0 Å². The summed E-state index contributed by atoms with van der Waals surface area (Å²) < 4.78 is 10.9. The highest BCUT2D eigenvalue weighted by atomic mass is 16.5. The Morgan fingerprint density at radius 1 is 0.793 bits per heavy atom. The Labute approximate surface area is 169 Å². The van der Waals surface area contributed by atoms with E-state index in [1.165, 1.54) is 12.4 Å². The Morgan fingerprint density at radius 2 is 1.21 bits per heavy atom. The number of para-hydroxylation sites is 2. The number of rotatable bonds is 10. The summed E-state index contributed by atoms with van der Waals surface area (Å²) in [6.45, 7) is 4.80. The zero-order valence-corrected chi connectivity index (χ0v) is 16.4. The van der Waals surface area contributed by atoms with Crippen LogP contribution in [0.15, 0.2) is 58.7 Å². The highest BCUT2D eigenvalue weighted by Gasteiger charge is 2.08. The van der Waals surface area contributed by atoms with Gasteiger partial charge in [-0.05, 0) is 38.1 Å². The zero-order chi connectivity index (χ0) is 20.9. The summed E-state index contributed by atoms with van der Waals surface area (Å²) in [5, 5.41) is 7.72. The highest BCUT2D eigenvalue weighted by molar-refractivity contribution is 5.97. The van der Waals surface area contributed by atoms with Crippen LogP contribution in [0.5, 0.6) is 11.5 Å². The first-order chi connectivity index (χ1) is 14.1. The summed E-state index contributed by atoms with van der Waals surface area (Å²) in [6, 6.07) is 14.6. The maximum Gasteiger partial charge on any atom is 0.249 e. The molecule has 29 heavy (non-hydrogen) atoms. The van der Waals surface area contributed by atoms with Gasteiger partial charge in [0.05, 0.1) is 25.6 Å². The predicted molar refractivity (Wildman–Crippen MR) is 111 cm³/mol. The number of ether oxygens (including phenoxy) is 2. The molecule has 0 aromatic heterocycles. The molecule has 0 spiro atoms. The quantitative estimate of drug-likeness (QED) is 0.366. The molecule has 2 aromatic carbocycles. The number of benzene rings is 2. The van der Waals surface area contributed by atoms with E-state index in [-0.39, 0.29) is 0 Å². The van der Waals surface area contributed by atoms with Crippen LogP contribution >= 0.6 is 0 Å². The van der Waals surface area contributed by atoms with Gasteiger partial charge in [0.15, 0.2) is 0 Å². The van der Waals surface area contributed by atoms with Gasteiger partial charge in [0.2, 0.25) is 11.8 Å². The molecule has 0 bridgehead atoms. The van der Waals surface area contributed by atoms with Crippen molar-refractivity contribution >= 4 is 24.2 Å². The van der Waals surface area contributed by atoms with E-state index in [9.17, 15) is 9.59 Å². The van der Waals surface area contributed by atoms with Gasteiger partial charge in [0, 0.05) is 11.1 Å². The first-order valence-corrected chi connectivity index (χ1v) is 9.21. The van der Waals surface area contributed by atoms with Gasteiger partial charge in [0.1, 0.15) is 17.9 Å². The number of amides is 2. The molecular formula is C21H24N4O4. The third-order valence-corrected chi connectivity index (χ3v) is 3.54. The minimum atomic E-state index is -0.558. The van der Waals surface area contributed by atoms with Gasteiger partial charge in [-0.3, -0.25) is 9.59 Å². The zero-order valence-electron chi connectivity index (χ0n) is 16.4. The van der Waals surface area contributed by atoms with Crippen molar-refractivity contribution in [3.63, 3.8) is 0 Å². The first kappa shape index (κ1) is 21.6. The smallest absolute Gasteiger partial charge is 0.249 e. The van der Waals surface area contributed by atoms with Gasteiger partial charge in [-0.15, -0.1) is 0 Å². The Hall–Kier alpha value is -3.68. The van der Waals surface area contributed by atoms with E-state index in [1.54, 1.807) is 0 Å². The standard InChI is InChI=1S/C21H24N4O4/c1-3-28-18-11-7-5-9-16(18)14-22-24-20(26)13-21(27)25-23-15-17-10-6-8-12-19(17)29-4-2/h5-12,14-15H,3-4,13H2,1-2H3,(H,24,26)(H,25,27). The van der Waals surface area contributed by atoms with Crippen molar-refractivity contribution in [3.8, 4) is 11.5 Å². The molecule has 0 aliphatic carbocycles. The molecule has 0 radical (unpaired) electrons. The van der Waals surface area contributed by atoms with E-state index in [4.69, 9.17) is 9.47 Å². The third-order valence-electron chi connectivity index (χ3n) is 3.54. The van der Waals surface area contributed by atoms with Gasteiger partial charge < -0.3 is 9.47 Å². The lowest BCUT2D eigenvalue weighted by Gasteiger charge is -2.06. The highest BCUT2D eigenvalue weighted by Crippen LogP contribution is 2.16. The number of hydrazone groups is 2. The summed E-state index contributed by atoms with van der Waals surface area (Å²) in [7, 11) is 0. The van der Waals surface area contributed by atoms with E-state index in [0.29, 0.717) is 24.7 Å². The fourth-order valence-corrected chi connectivity index (χ4v) is 2.32. The van der Waals surface area contributed by atoms with E-state index >= 15 is 0 Å². The molecule has 0 aliphatic heterocycles. The maximum absolute atomic E-state index is 11.8. The SMILES string of the molecule is CCOc1ccccc1C=NNC(=O)CC(=O)NN=Cc1ccccc1OCC. The fourth-order valence-electron chi connectivity index (χ4n) is 2.32. The second-order valence-electron chi connectivity index (χ2n) is 5.70. The molecule has 2 N–H and O–H groups in total. The summed E-state index contributed by atoms with van der Waals surface area (Å²) in [4.78, 5) is 23.7. The largest absolute Gasteiger partial charge is 0.493 e. The lowest BCUT2D eigenvalue weighted by atomic mass is 10.2. The van der Waals surface area contributed by atoms with Gasteiger partial charge in [0.25, 0.3) is 0 Å². The Morgan fingerprint density at radius 3 is 1.62 bits per heavy atom. The molecule has 2 amide bonds. The molecular weight excluding hydrogens is 372 g/mol. The number of hydrogen-bond donors (Lipinski definition) is 2. The van der Waals surface area contributed by atoms with Crippen LogP contribution in [0.4, 0.5) is 0 Å². The molecule has 152 valence electrons. The average Bonchev–Trinajstić information content (AvgIpc) is 2.71. The second kappa shape index (κ2) is 11.9. The lowest BCUT2D eigenvalue weighted by molar-refractivity contribution is -0.129. The van der Waals surface area contributed by atoms with Gasteiger partial charge in [-0.1, -0.05) is 24.3 Å². The second-order valence-corrected chi connectivity index (χ2v) is 5.70. The van der Waals surface area contributed by atoms with Crippen LogP contribution < -0.4 is 20.3 Å². The Bertz CT molecular complexity index is 809. The number of nitrogens with zero attached hydrogens (tertiary/aromatic N) is 2. The topological polar surface area (TPSA) is 101 Å². The Balaban J connectivity index is 1.82. The lowest BCUT2D eigenvalue weighted by Crippen LogP contribution is -2.27. The van der Waals surface area contributed by atoms with E-state index in [1.807, 2.05) is 62.4 Å². The molecule has 0 atom stereocenters. The molecule has 0 fully saturated rings. The molecule has 0 unspecified atom stereocenters. The monoisotopic (exact) mass is 396 g/mol. The van der Waals surface area contributed by atoms with Crippen LogP contribution in [-0.2, 0) is 9.59 Å². The van der Waals surface area contributed by atoms with Crippen molar-refractivity contribution in [1.82, 2.24) is 10.9 Å². The molecule has 0 aliphatic rings. The fraction of sp³-hybridized carbons (Fsp3) is 0.238. The van der Waals surface area contributed by atoms with Crippen molar-refractivity contribution in [3.05, 3.63) is 59.7 Å². The normalized spacial score (nSPS) is 10.8. The summed E-state index contributed by atoms with van der Waals surface area (Å²) >= 11 is 0. The Kier molecular flexibility index (Phi) is 8.88. The summed E-state index contributed by atoms with van der Waals surface area (Å²) in [5.41, 5.74) is 6.05. The number of carbonyl (C=O) groups excluding carboxylic acids is 2. The maximum atomic E-state index is 11.8. The molecule has 8 nitrogen and oxygen atoms in total. The van der Waals surface area contributed by atoms with Gasteiger partial charge in [-0.25, -0.2) is 10.9 Å². The van der Waals surface area contributed by atoms with Crippen molar-refractivity contribution in [1.29, 1.82) is 0 Å². The first-order valence-electron chi connectivity index (χ1n) is 9.21. The molecule has 0 saturated heterocycles. The van der Waals surface area contributed by atoms with E-state index in [2.05, 4.69) is 21.1 Å².